The number of likely N-dealkylation sites (tertiary alicyclic amines) is 2. The van der Waals surface area contributed by atoms with E-state index in [0.717, 1.165) is 65.2 Å². The van der Waals surface area contributed by atoms with Crippen molar-refractivity contribution in [3.05, 3.63) is 83.6 Å². The van der Waals surface area contributed by atoms with Gasteiger partial charge in [0.1, 0.15) is 23.7 Å². The highest BCUT2D eigenvalue weighted by Crippen LogP contribution is 2.55. The highest BCUT2D eigenvalue weighted by atomic mass is 16.5. The molecule has 2 saturated heterocycles. The van der Waals surface area contributed by atoms with Gasteiger partial charge in [0, 0.05) is 13.1 Å². The van der Waals surface area contributed by atoms with Gasteiger partial charge in [-0.1, -0.05) is 70.2 Å². The Morgan fingerprint density at radius 1 is 0.641 bits per heavy atom. The van der Waals surface area contributed by atoms with E-state index in [2.05, 4.69) is 75.2 Å². The average Bonchev–Trinajstić information content (AvgIpc) is 4.16. The molecule has 64 heavy (non-hydrogen) atoms. The molecule has 3 fully saturated rings. The maximum Gasteiger partial charge on any atom is 0.407 e. The molecule has 4 unspecified atom stereocenters. The molecule has 1 saturated carbocycles. The van der Waals surface area contributed by atoms with Crippen molar-refractivity contribution in [1.82, 2.24) is 40.4 Å². The van der Waals surface area contributed by atoms with Crippen molar-refractivity contribution in [3.63, 3.8) is 0 Å². The number of H-pyrrole nitrogens is 2. The van der Waals surface area contributed by atoms with Crippen LogP contribution in [-0.4, -0.2) is 93.1 Å². The molecule has 2 aliphatic heterocycles. The lowest BCUT2D eigenvalue weighted by Gasteiger charge is -2.41. The first-order valence-corrected chi connectivity index (χ1v) is 23.1. The Balaban J connectivity index is 0.963. The quantitative estimate of drug-likeness (QED) is 0.102. The number of aromatic nitrogens is 4. The first kappa shape index (κ1) is 43.1. The topological polar surface area (TPSA) is 175 Å². The van der Waals surface area contributed by atoms with Crippen LogP contribution in [0.1, 0.15) is 126 Å². The van der Waals surface area contributed by atoms with Gasteiger partial charge >= 0.3 is 12.2 Å². The number of hydrogen-bond acceptors (Lipinski definition) is 8. The summed E-state index contributed by atoms with van der Waals surface area (Å²) < 4.78 is 9.62. The number of amides is 4. The molecule has 4 amide bonds. The molecule has 336 valence electrons. The number of rotatable bonds is 11. The fourth-order valence-corrected chi connectivity index (χ4v) is 10.9. The van der Waals surface area contributed by atoms with Crippen LogP contribution in [0.5, 0.6) is 0 Å². The van der Waals surface area contributed by atoms with Gasteiger partial charge in [0.15, 0.2) is 0 Å². The summed E-state index contributed by atoms with van der Waals surface area (Å²) in [5.74, 6) is 2.08. The van der Waals surface area contributed by atoms with Gasteiger partial charge in [-0.05, 0) is 126 Å². The second-order valence-electron chi connectivity index (χ2n) is 18.7. The number of alkyl carbamates (subject to hydrolysis) is 2. The molecule has 5 aliphatic rings. The molecule has 2 bridgehead atoms. The summed E-state index contributed by atoms with van der Waals surface area (Å²) in [7, 11) is 2.61. The van der Waals surface area contributed by atoms with E-state index >= 15 is 0 Å². The normalized spacial score (nSPS) is 21.3. The van der Waals surface area contributed by atoms with Gasteiger partial charge in [-0.3, -0.25) is 9.59 Å². The third-order valence-electron chi connectivity index (χ3n) is 14.2. The van der Waals surface area contributed by atoms with Gasteiger partial charge in [-0.25, -0.2) is 19.6 Å². The molecule has 0 spiro atoms. The predicted octanol–water partition coefficient (Wildman–Crippen LogP) is 9.13. The second kappa shape index (κ2) is 17.8. The number of aromatic amines is 2. The van der Waals surface area contributed by atoms with Gasteiger partial charge in [-0.2, -0.15) is 0 Å². The first-order valence-electron chi connectivity index (χ1n) is 23.1. The first-order chi connectivity index (χ1) is 30.9. The van der Waals surface area contributed by atoms with Crippen LogP contribution in [0.3, 0.4) is 0 Å². The van der Waals surface area contributed by atoms with Crippen LogP contribution in [0.25, 0.3) is 44.5 Å². The third kappa shape index (κ3) is 8.00. The molecular formula is C50H60N8O6. The Kier molecular flexibility index (Phi) is 12.0. The molecule has 0 radical (unpaired) electrons. The van der Waals surface area contributed by atoms with Gasteiger partial charge in [0.05, 0.1) is 49.2 Å². The van der Waals surface area contributed by atoms with Crippen molar-refractivity contribution >= 4 is 35.0 Å². The number of hydrogen-bond donors (Lipinski definition) is 4. The maximum atomic E-state index is 13.8. The van der Waals surface area contributed by atoms with E-state index in [0.29, 0.717) is 24.9 Å². The maximum absolute atomic E-state index is 13.8. The van der Waals surface area contributed by atoms with Crippen LogP contribution in [0, 0.1) is 11.8 Å². The minimum atomic E-state index is -0.687. The zero-order chi connectivity index (χ0) is 44.8. The lowest BCUT2D eigenvalue weighted by atomic mass is 9.63. The van der Waals surface area contributed by atoms with Crippen molar-refractivity contribution in [1.29, 1.82) is 0 Å². The Labute approximate surface area is 374 Å². The van der Waals surface area contributed by atoms with Crippen molar-refractivity contribution in [3.8, 4) is 33.5 Å². The van der Waals surface area contributed by atoms with Crippen molar-refractivity contribution in [2.45, 2.75) is 115 Å². The van der Waals surface area contributed by atoms with E-state index in [1.165, 1.54) is 67.7 Å². The van der Waals surface area contributed by atoms with Gasteiger partial charge in [-0.15, -0.1) is 0 Å². The lowest BCUT2D eigenvalue weighted by Crippen LogP contribution is -2.51. The predicted molar refractivity (Wildman–Crippen MR) is 244 cm³/mol. The molecule has 10 rings (SSSR count). The standard InChI is InChI=1S/C50H60N8O6/c1-27(2)43(55-49(61)63-5)47(59)57-23-7-9-39(57)45-51-26-38(54-45)30-13-11-29(12-14-30)34-20-21-35(42-32-17-15-31(16-18-32)41(34)42)33-19-22-36-37(25-33)53-46(52-36)40-10-8-24-58(40)48(60)44(28(3)4)56-50(62)64-6/h11-14,19-22,25-28,31-32,39-40,43-44H,7-10,15-18,23-24H2,1-6H3,(H,51,54)(H,52,53)(H,55,61)(H,56,62). The number of carbonyl (C=O) groups excluding carboxylic acids is 4. The molecule has 4 N–H and O–H groups in total. The van der Waals surface area contributed by atoms with Crippen molar-refractivity contribution < 1.29 is 28.7 Å². The summed E-state index contributed by atoms with van der Waals surface area (Å²) in [4.78, 5) is 72.3. The molecule has 3 aromatic carbocycles. The van der Waals surface area contributed by atoms with Gasteiger partial charge in [0.25, 0.3) is 0 Å². The van der Waals surface area contributed by atoms with Crippen LogP contribution < -0.4 is 10.6 Å². The molecular weight excluding hydrogens is 809 g/mol. The van der Waals surface area contributed by atoms with Gasteiger partial charge < -0.3 is 39.9 Å². The molecule has 3 aliphatic carbocycles. The number of fused-ring (bicyclic) bond motifs is 3. The van der Waals surface area contributed by atoms with E-state index in [4.69, 9.17) is 19.4 Å². The number of benzene rings is 3. The molecule has 5 aromatic rings. The minimum Gasteiger partial charge on any atom is -0.453 e. The van der Waals surface area contributed by atoms with Crippen LogP contribution in [-0.2, 0) is 19.1 Å². The number of methoxy groups -OCH3 is 2. The van der Waals surface area contributed by atoms with Crippen molar-refractivity contribution in [2.75, 3.05) is 27.3 Å². The lowest BCUT2D eigenvalue weighted by molar-refractivity contribution is -0.136. The Bertz CT molecular complexity index is 2550. The summed E-state index contributed by atoms with van der Waals surface area (Å²) >= 11 is 0. The van der Waals surface area contributed by atoms with Crippen LogP contribution in [0.2, 0.25) is 0 Å². The van der Waals surface area contributed by atoms with E-state index in [1.54, 1.807) is 0 Å². The zero-order valence-electron chi connectivity index (χ0n) is 37.7. The summed E-state index contributed by atoms with van der Waals surface area (Å²) in [6.45, 7) is 8.89. The fourth-order valence-electron chi connectivity index (χ4n) is 10.9. The Morgan fingerprint density at radius 3 is 1.67 bits per heavy atom. The Hall–Kier alpha value is -6.18. The average molecular weight is 869 g/mol. The van der Waals surface area contributed by atoms with E-state index < -0.39 is 24.3 Å². The molecule has 14 heteroatoms. The largest absolute Gasteiger partial charge is 0.453 e. The third-order valence-corrected chi connectivity index (χ3v) is 14.2. The number of nitrogens with one attached hydrogen (secondary N) is 4. The minimum absolute atomic E-state index is 0.103. The van der Waals surface area contributed by atoms with Crippen LogP contribution in [0.15, 0.2) is 60.8 Å². The number of carbonyl (C=O) groups is 4. The van der Waals surface area contributed by atoms with Crippen LogP contribution in [0.4, 0.5) is 9.59 Å². The van der Waals surface area contributed by atoms with Crippen molar-refractivity contribution in [2.24, 2.45) is 11.8 Å². The molecule has 4 atom stereocenters. The highest BCUT2D eigenvalue weighted by Gasteiger charge is 2.40. The summed E-state index contributed by atoms with van der Waals surface area (Å²) in [5, 5.41) is 5.47. The van der Waals surface area contributed by atoms with E-state index in [-0.39, 0.29) is 35.7 Å². The summed E-state index contributed by atoms with van der Waals surface area (Å²) in [5.41, 5.74) is 11.6. The monoisotopic (exact) mass is 868 g/mol. The molecule has 14 nitrogen and oxygen atoms in total. The van der Waals surface area contributed by atoms with Gasteiger partial charge in [0.2, 0.25) is 11.8 Å². The van der Waals surface area contributed by atoms with Crippen LogP contribution >= 0.6 is 0 Å². The summed E-state index contributed by atoms with van der Waals surface area (Å²) in [6.07, 6.45) is 8.72. The number of imidazole rings is 2. The fraction of sp³-hybridized carbons (Fsp3) is 0.480. The molecule has 2 aromatic heterocycles. The smallest absolute Gasteiger partial charge is 0.407 e. The number of ether oxygens (including phenoxy) is 2. The zero-order valence-corrected chi connectivity index (χ0v) is 37.7. The van der Waals surface area contributed by atoms with E-state index in [9.17, 15) is 19.2 Å². The Morgan fingerprint density at radius 2 is 1.14 bits per heavy atom. The SMILES string of the molecule is COC(=O)NC(C(=O)N1CCCC1c1ncc(-c2ccc(-c3ccc(-c4ccc5nc(C6CCCN6C(=O)C(NC(=O)OC)C(C)C)[nH]c5c4)c4c3C3CCC4CC3)cc2)[nH]1)C(C)C. The van der Waals surface area contributed by atoms with E-state index in [1.807, 2.05) is 43.7 Å². The second-order valence-corrected chi connectivity index (χ2v) is 18.7. The summed E-state index contributed by atoms with van der Waals surface area (Å²) in [6, 6.07) is 18.1. The number of nitrogens with zero attached hydrogens (tertiary/aromatic N) is 4. The highest BCUT2D eigenvalue weighted by molar-refractivity contribution is 5.89. The molecule has 4 heterocycles.